The highest BCUT2D eigenvalue weighted by molar-refractivity contribution is 6.06. The Morgan fingerprint density at radius 2 is 1.86 bits per heavy atom. The molecule has 0 spiro atoms. The van der Waals surface area contributed by atoms with Crippen LogP contribution in [0.3, 0.4) is 0 Å². The number of nitro benzene ring substituents is 1. The van der Waals surface area contributed by atoms with Crippen molar-refractivity contribution in [3.63, 3.8) is 0 Å². The molecule has 1 aliphatic rings. The molecule has 0 atom stereocenters. The van der Waals surface area contributed by atoms with E-state index in [1.807, 2.05) is 0 Å². The van der Waals surface area contributed by atoms with Crippen molar-refractivity contribution in [3.8, 4) is 0 Å². The van der Waals surface area contributed by atoms with Gasteiger partial charge in [0.25, 0.3) is 17.5 Å². The average Bonchev–Trinajstić information content (AvgIpc) is 2.71. The number of anilines is 1. The fraction of sp³-hybridized carbons (Fsp3) is 0.300. The van der Waals surface area contributed by atoms with E-state index in [9.17, 15) is 24.1 Å². The van der Waals surface area contributed by atoms with Gasteiger partial charge in [-0.1, -0.05) is 6.07 Å². The summed E-state index contributed by atoms with van der Waals surface area (Å²) >= 11 is 0. The van der Waals surface area contributed by atoms with Crippen molar-refractivity contribution in [2.24, 2.45) is 0 Å². The molecule has 2 aromatic carbocycles. The van der Waals surface area contributed by atoms with Crippen molar-refractivity contribution >= 4 is 23.2 Å². The molecule has 29 heavy (non-hydrogen) atoms. The lowest BCUT2D eigenvalue weighted by atomic mass is 10.0. The van der Waals surface area contributed by atoms with E-state index >= 15 is 0 Å². The number of rotatable bonds is 4. The van der Waals surface area contributed by atoms with E-state index in [4.69, 9.17) is 4.74 Å². The van der Waals surface area contributed by atoms with Crippen molar-refractivity contribution in [2.45, 2.75) is 13.8 Å². The largest absolute Gasteiger partial charge is 0.378 e. The SMILES string of the molecule is Cc1c(NC(=O)c2cc(F)c(C)c([N+](=O)[O-])c2)cccc1C(=O)N1CCOCC1. The lowest BCUT2D eigenvalue weighted by Gasteiger charge is -2.27. The van der Waals surface area contributed by atoms with E-state index in [1.165, 1.54) is 6.92 Å². The van der Waals surface area contributed by atoms with Crippen LogP contribution in [-0.4, -0.2) is 47.9 Å². The highest BCUT2D eigenvalue weighted by Crippen LogP contribution is 2.25. The Balaban J connectivity index is 1.86. The van der Waals surface area contributed by atoms with E-state index < -0.39 is 22.3 Å². The van der Waals surface area contributed by atoms with E-state index in [0.717, 1.165) is 12.1 Å². The summed E-state index contributed by atoms with van der Waals surface area (Å²) in [5, 5.41) is 13.7. The van der Waals surface area contributed by atoms with Crippen LogP contribution in [0.1, 0.15) is 31.8 Å². The predicted octanol–water partition coefficient (Wildman–Crippen LogP) is 3.08. The molecule has 9 heteroatoms. The molecule has 0 unspecified atom stereocenters. The van der Waals surface area contributed by atoms with Crippen LogP contribution < -0.4 is 5.32 Å². The van der Waals surface area contributed by atoms with Crippen molar-refractivity contribution < 1.29 is 23.6 Å². The maximum atomic E-state index is 14.0. The molecule has 152 valence electrons. The van der Waals surface area contributed by atoms with Gasteiger partial charge < -0.3 is 15.0 Å². The summed E-state index contributed by atoms with van der Waals surface area (Å²) in [7, 11) is 0. The van der Waals surface area contributed by atoms with Crippen LogP contribution in [0.4, 0.5) is 15.8 Å². The summed E-state index contributed by atoms with van der Waals surface area (Å²) in [6.45, 7) is 4.89. The molecule has 0 aromatic heterocycles. The van der Waals surface area contributed by atoms with E-state index in [1.54, 1.807) is 30.0 Å². The number of ether oxygens (including phenoxy) is 1. The molecule has 1 heterocycles. The highest BCUT2D eigenvalue weighted by atomic mass is 19.1. The molecule has 0 saturated carbocycles. The number of morpholine rings is 1. The molecule has 1 aliphatic heterocycles. The molecule has 0 bridgehead atoms. The minimum absolute atomic E-state index is 0.138. The van der Waals surface area contributed by atoms with Crippen molar-refractivity contribution in [1.29, 1.82) is 0 Å². The van der Waals surface area contributed by atoms with Crippen LogP contribution >= 0.6 is 0 Å². The molecular weight excluding hydrogens is 381 g/mol. The zero-order chi connectivity index (χ0) is 21.1. The summed E-state index contributed by atoms with van der Waals surface area (Å²) in [6, 6.07) is 6.90. The predicted molar refractivity (Wildman–Crippen MR) is 104 cm³/mol. The monoisotopic (exact) mass is 401 g/mol. The van der Waals surface area contributed by atoms with Crippen LogP contribution in [0.15, 0.2) is 30.3 Å². The first-order valence-corrected chi connectivity index (χ1v) is 9.02. The Morgan fingerprint density at radius 1 is 1.17 bits per heavy atom. The first kappa shape index (κ1) is 20.4. The standard InChI is InChI=1S/C20H20FN3O5/c1-12-15(20(26)23-6-8-29-9-7-23)4-3-5-17(12)22-19(25)14-10-16(21)13(2)18(11-14)24(27)28/h3-5,10-11H,6-9H2,1-2H3,(H,22,25). The Bertz CT molecular complexity index is 986. The normalized spacial score (nSPS) is 13.8. The molecule has 8 nitrogen and oxygen atoms in total. The van der Waals surface area contributed by atoms with Crippen molar-refractivity contribution in [3.05, 3.63) is 68.5 Å². The number of carbonyl (C=O) groups is 2. The topological polar surface area (TPSA) is 102 Å². The third-order valence-corrected chi connectivity index (χ3v) is 4.89. The summed E-state index contributed by atoms with van der Waals surface area (Å²) < 4.78 is 19.3. The summed E-state index contributed by atoms with van der Waals surface area (Å²) in [5.41, 5.74) is 0.580. The summed E-state index contributed by atoms with van der Waals surface area (Å²) in [6.07, 6.45) is 0. The van der Waals surface area contributed by atoms with Gasteiger partial charge in [0.1, 0.15) is 5.82 Å². The number of hydrogen-bond acceptors (Lipinski definition) is 5. The third kappa shape index (κ3) is 4.24. The third-order valence-electron chi connectivity index (χ3n) is 4.89. The van der Waals surface area contributed by atoms with Gasteiger partial charge in [-0.3, -0.25) is 19.7 Å². The maximum absolute atomic E-state index is 14.0. The zero-order valence-corrected chi connectivity index (χ0v) is 16.0. The molecule has 2 aromatic rings. The Hall–Kier alpha value is -3.33. The lowest BCUT2D eigenvalue weighted by molar-refractivity contribution is -0.385. The van der Waals surface area contributed by atoms with Gasteiger partial charge in [0, 0.05) is 36.0 Å². The zero-order valence-electron chi connectivity index (χ0n) is 16.0. The van der Waals surface area contributed by atoms with Gasteiger partial charge in [0.2, 0.25) is 0 Å². The molecule has 1 fully saturated rings. The summed E-state index contributed by atoms with van der Waals surface area (Å²) in [5.74, 6) is -1.71. The van der Waals surface area contributed by atoms with Crippen LogP contribution in [-0.2, 0) is 4.74 Å². The second-order valence-corrected chi connectivity index (χ2v) is 6.70. The van der Waals surface area contributed by atoms with Gasteiger partial charge in [-0.05, 0) is 37.6 Å². The second kappa shape index (κ2) is 8.36. The van der Waals surface area contributed by atoms with Crippen molar-refractivity contribution in [2.75, 3.05) is 31.6 Å². The molecule has 1 saturated heterocycles. The fourth-order valence-corrected chi connectivity index (χ4v) is 3.12. The van der Waals surface area contributed by atoms with Gasteiger partial charge in [0.15, 0.2) is 0 Å². The van der Waals surface area contributed by atoms with Gasteiger partial charge in [-0.15, -0.1) is 0 Å². The molecule has 1 N–H and O–H groups in total. The molecule has 3 rings (SSSR count). The number of halogens is 1. The van der Waals surface area contributed by atoms with E-state index in [0.29, 0.717) is 43.1 Å². The number of nitrogens with one attached hydrogen (secondary N) is 1. The fourth-order valence-electron chi connectivity index (χ4n) is 3.12. The van der Waals surface area contributed by atoms with E-state index in [-0.39, 0.29) is 17.0 Å². The van der Waals surface area contributed by atoms with Crippen LogP contribution in [0.2, 0.25) is 0 Å². The quantitative estimate of drug-likeness (QED) is 0.627. The first-order valence-electron chi connectivity index (χ1n) is 9.02. The molecular formula is C20H20FN3O5. The average molecular weight is 401 g/mol. The Morgan fingerprint density at radius 3 is 2.52 bits per heavy atom. The minimum atomic E-state index is -0.836. The second-order valence-electron chi connectivity index (χ2n) is 6.70. The maximum Gasteiger partial charge on any atom is 0.276 e. The number of amides is 2. The van der Waals surface area contributed by atoms with Crippen LogP contribution in [0, 0.1) is 29.8 Å². The highest BCUT2D eigenvalue weighted by Gasteiger charge is 2.23. The number of nitrogens with zero attached hydrogens (tertiary/aromatic N) is 2. The van der Waals surface area contributed by atoms with Gasteiger partial charge >= 0.3 is 0 Å². The number of nitro groups is 1. The summed E-state index contributed by atoms with van der Waals surface area (Å²) in [4.78, 5) is 37.4. The van der Waals surface area contributed by atoms with E-state index in [2.05, 4.69) is 5.32 Å². The molecule has 0 radical (unpaired) electrons. The van der Waals surface area contributed by atoms with Gasteiger partial charge in [-0.2, -0.15) is 0 Å². The molecule has 2 amide bonds. The first-order chi connectivity index (χ1) is 13.8. The van der Waals surface area contributed by atoms with Crippen molar-refractivity contribution in [1.82, 2.24) is 4.90 Å². The van der Waals surface area contributed by atoms with Gasteiger partial charge in [-0.25, -0.2) is 4.39 Å². The van der Waals surface area contributed by atoms with Crippen LogP contribution in [0.5, 0.6) is 0 Å². The smallest absolute Gasteiger partial charge is 0.276 e. The number of carbonyl (C=O) groups excluding carboxylic acids is 2. The number of hydrogen-bond donors (Lipinski definition) is 1. The van der Waals surface area contributed by atoms with Gasteiger partial charge in [0.05, 0.1) is 23.7 Å². The lowest BCUT2D eigenvalue weighted by Crippen LogP contribution is -2.41. The Labute approximate surface area is 166 Å². The minimum Gasteiger partial charge on any atom is -0.378 e. The Kier molecular flexibility index (Phi) is 5.88. The number of benzene rings is 2. The molecule has 0 aliphatic carbocycles. The van der Waals surface area contributed by atoms with Crippen LogP contribution in [0.25, 0.3) is 0 Å².